The van der Waals surface area contributed by atoms with Crippen molar-refractivity contribution in [3.63, 3.8) is 0 Å². The number of nitrogens with one attached hydrogen (secondary N) is 2. The number of aromatic amines is 1. The van der Waals surface area contributed by atoms with Gasteiger partial charge in [0.15, 0.2) is 0 Å². The second kappa shape index (κ2) is 5.19. The summed E-state index contributed by atoms with van der Waals surface area (Å²) in [5, 5.41) is 2.82. The molecule has 0 aromatic carbocycles. The van der Waals surface area contributed by atoms with Crippen molar-refractivity contribution in [2.75, 3.05) is 26.2 Å². The second-order valence-electron chi connectivity index (χ2n) is 5.51. The molecule has 0 saturated carbocycles. The first-order valence-electron chi connectivity index (χ1n) is 7.14. The minimum atomic E-state index is 0.000327. The van der Waals surface area contributed by atoms with E-state index in [1.54, 1.807) is 6.20 Å². The van der Waals surface area contributed by atoms with Crippen LogP contribution >= 0.6 is 0 Å². The van der Waals surface area contributed by atoms with Crippen LogP contribution in [0.25, 0.3) is 0 Å². The summed E-state index contributed by atoms with van der Waals surface area (Å²) in [7, 11) is 0. The maximum atomic E-state index is 12.5. The number of rotatable bonds is 2. The molecule has 1 unspecified atom stereocenters. The lowest BCUT2D eigenvalue weighted by atomic mass is 10.0. The largest absolute Gasteiger partial charge is 0.357 e. The zero-order valence-electron chi connectivity index (χ0n) is 11.7. The van der Waals surface area contributed by atoms with E-state index in [-0.39, 0.29) is 18.0 Å². The van der Waals surface area contributed by atoms with Crippen LogP contribution in [0, 0.1) is 6.92 Å². The lowest BCUT2D eigenvalue weighted by Crippen LogP contribution is -2.50. The maximum absolute atomic E-state index is 12.5. The third kappa shape index (κ3) is 2.26. The molecule has 6 heteroatoms. The molecule has 2 aliphatic rings. The number of hydrogen-bond donors (Lipinski definition) is 2. The van der Waals surface area contributed by atoms with Gasteiger partial charge >= 0.3 is 6.03 Å². The third-order valence-corrected chi connectivity index (χ3v) is 4.18. The van der Waals surface area contributed by atoms with E-state index in [0.29, 0.717) is 18.8 Å². The highest BCUT2D eigenvalue weighted by atomic mass is 16.2. The summed E-state index contributed by atoms with van der Waals surface area (Å²) in [6, 6.07) is 2.05. The molecule has 1 atom stereocenters. The number of amides is 3. The van der Waals surface area contributed by atoms with E-state index in [2.05, 4.69) is 10.3 Å². The van der Waals surface area contributed by atoms with E-state index in [1.165, 1.54) is 0 Å². The quantitative estimate of drug-likeness (QED) is 0.844. The van der Waals surface area contributed by atoms with Crippen LogP contribution in [0.15, 0.2) is 12.3 Å². The van der Waals surface area contributed by atoms with Gasteiger partial charge in [-0.25, -0.2) is 4.79 Å². The molecule has 1 aromatic heterocycles. The van der Waals surface area contributed by atoms with Gasteiger partial charge in [0.2, 0.25) is 0 Å². The number of nitrogens with zero attached hydrogens (tertiary/aromatic N) is 2. The van der Waals surface area contributed by atoms with Gasteiger partial charge in [-0.05, 0) is 31.4 Å². The van der Waals surface area contributed by atoms with Gasteiger partial charge in [-0.3, -0.25) is 4.79 Å². The highest BCUT2D eigenvalue weighted by molar-refractivity contribution is 5.94. The lowest BCUT2D eigenvalue weighted by molar-refractivity contribution is 0.0628. The van der Waals surface area contributed by atoms with Crippen molar-refractivity contribution in [2.24, 2.45) is 0 Å². The van der Waals surface area contributed by atoms with Gasteiger partial charge in [-0.2, -0.15) is 0 Å². The number of hydrogen-bond acceptors (Lipinski definition) is 2. The minimum Gasteiger partial charge on any atom is -0.357 e. The van der Waals surface area contributed by atoms with Gasteiger partial charge in [-0.15, -0.1) is 0 Å². The van der Waals surface area contributed by atoms with Gasteiger partial charge in [0, 0.05) is 32.4 Å². The van der Waals surface area contributed by atoms with Gasteiger partial charge in [0.1, 0.15) is 5.69 Å². The van der Waals surface area contributed by atoms with Crippen LogP contribution in [0.2, 0.25) is 0 Å². The predicted molar refractivity (Wildman–Crippen MR) is 74.6 cm³/mol. The number of H-pyrrole nitrogens is 1. The number of carbonyl (C=O) groups is 2. The zero-order chi connectivity index (χ0) is 14.1. The van der Waals surface area contributed by atoms with E-state index in [0.717, 1.165) is 31.5 Å². The van der Waals surface area contributed by atoms with Crippen molar-refractivity contribution in [3.8, 4) is 0 Å². The number of likely N-dealkylation sites (tertiary alicyclic amines) is 1. The van der Waals surface area contributed by atoms with Crippen LogP contribution in [0.3, 0.4) is 0 Å². The molecule has 108 valence electrons. The Morgan fingerprint density at radius 2 is 2.25 bits per heavy atom. The molecule has 20 heavy (non-hydrogen) atoms. The lowest BCUT2D eigenvalue weighted by Gasteiger charge is -2.37. The summed E-state index contributed by atoms with van der Waals surface area (Å²) in [4.78, 5) is 31.0. The summed E-state index contributed by atoms with van der Waals surface area (Å²) in [6.45, 7) is 4.78. The zero-order valence-corrected chi connectivity index (χ0v) is 11.7. The molecule has 2 aliphatic heterocycles. The van der Waals surface area contributed by atoms with Crippen LogP contribution in [0.4, 0.5) is 4.79 Å². The molecule has 0 spiro atoms. The van der Waals surface area contributed by atoms with E-state index >= 15 is 0 Å². The Labute approximate surface area is 118 Å². The Kier molecular flexibility index (Phi) is 3.38. The normalized spacial score (nSPS) is 23.1. The Hall–Kier alpha value is -1.98. The fraction of sp³-hybridized carbons (Fsp3) is 0.571. The topological polar surface area (TPSA) is 68.4 Å². The highest BCUT2D eigenvalue weighted by Gasteiger charge is 2.33. The SMILES string of the molecule is Cc1cc[nH]c1C(=O)N1CCCC(N2CCNC2=O)C1. The maximum Gasteiger partial charge on any atom is 0.317 e. The van der Waals surface area contributed by atoms with Crippen LogP contribution in [-0.4, -0.2) is 58.9 Å². The third-order valence-electron chi connectivity index (χ3n) is 4.18. The van der Waals surface area contributed by atoms with Crippen molar-refractivity contribution in [1.82, 2.24) is 20.1 Å². The number of aryl methyl sites for hydroxylation is 1. The average molecular weight is 276 g/mol. The monoisotopic (exact) mass is 276 g/mol. The first kappa shape index (κ1) is 13.0. The van der Waals surface area contributed by atoms with Gasteiger partial charge in [-0.1, -0.05) is 0 Å². The first-order chi connectivity index (χ1) is 9.66. The van der Waals surface area contributed by atoms with Gasteiger partial charge in [0.25, 0.3) is 5.91 Å². The molecule has 3 rings (SSSR count). The molecular weight excluding hydrogens is 256 g/mol. The smallest absolute Gasteiger partial charge is 0.317 e. The van der Waals surface area contributed by atoms with Gasteiger partial charge < -0.3 is 20.1 Å². The predicted octanol–water partition coefficient (Wildman–Crippen LogP) is 0.953. The molecule has 2 saturated heterocycles. The fourth-order valence-corrected chi connectivity index (χ4v) is 3.06. The molecule has 3 amide bonds. The van der Waals surface area contributed by atoms with Crippen LogP contribution in [0.1, 0.15) is 28.9 Å². The standard InChI is InChI=1S/C14H20N4O2/c1-10-4-5-15-12(10)13(19)17-7-2-3-11(9-17)18-8-6-16-14(18)20/h4-5,11,15H,2-3,6-9H2,1H3,(H,16,20). The number of urea groups is 1. The van der Waals surface area contributed by atoms with Crippen LogP contribution in [0.5, 0.6) is 0 Å². The number of carbonyl (C=O) groups excluding carboxylic acids is 2. The molecule has 6 nitrogen and oxygen atoms in total. The molecule has 2 fully saturated rings. The van der Waals surface area contributed by atoms with Crippen molar-refractivity contribution in [3.05, 3.63) is 23.5 Å². The first-order valence-corrected chi connectivity index (χ1v) is 7.14. The van der Waals surface area contributed by atoms with Crippen molar-refractivity contribution < 1.29 is 9.59 Å². The van der Waals surface area contributed by atoms with Crippen molar-refractivity contribution >= 4 is 11.9 Å². The summed E-state index contributed by atoms with van der Waals surface area (Å²) >= 11 is 0. The summed E-state index contributed by atoms with van der Waals surface area (Å²) < 4.78 is 0. The Morgan fingerprint density at radius 3 is 2.90 bits per heavy atom. The molecule has 0 aliphatic carbocycles. The van der Waals surface area contributed by atoms with Crippen molar-refractivity contribution in [2.45, 2.75) is 25.8 Å². The molecular formula is C14H20N4O2. The molecule has 3 heterocycles. The highest BCUT2D eigenvalue weighted by Crippen LogP contribution is 2.20. The Balaban J connectivity index is 1.70. The molecule has 2 N–H and O–H groups in total. The van der Waals surface area contributed by atoms with Gasteiger partial charge in [0.05, 0.1) is 6.04 Å². The molecule has 0 bridgehead atoms. The summed E-state index contributed by atoms with van der Waals surface area (Å²) in [6.07, 6.45) is 3.71. The van der Waals surface area contributed by atoms with Crippen LogP contribution in [-0.2, 0) is 0 Å². The molecule has 0 radical (unpaired) electrons. The van der Waals surface area contributed by atoms with Crippen LogP contribution < -0.4 is 5.32 Å². The van der Waals surface area contributed by atoms with E-state index in [9.17, 15) is 9.59 Å². The van der Waals surface area contributed by atoms with Crippen molar-refractivity contribution in [1.29, 1.82) is 0 Å². The second-order valence-corrected chi connectivity index (χ2v) is 5.51. The van der Waals surface area contributed by atoms with E-state index in [1.807, 2.05) is 22.8 Å². The Bertz CT molecular complexity index is 525. The average Bonchev–Trinajstić information content (AvgIpc) is 3.07. The minimum absolute atomic E-state index is 0.000327. The number of aromatic nitrogens is 1. The summed E-state index contributed by atoms with van der Waals surface area (Å²) in [5.74, 6) is 0.0387. The number of piperidine rings is 1. The molecule has 1 aromatic rings. The Morgan fingerprint density at radius 1 is 1.40 bits per heavy atom. The fourth-order valence-electron chi connectivity index (χ4n) is 3.06. The summed E-state index contributed by atoms with van der Waals surface area (Å²) in [5.41, 5.74) is 1.63. The van der Waals surface area contributed by atoms with E-state index in [4.69, 9.17) is 0 Å². The van der Waals surface area contributed by atoms with E-state index < -0.39 is 0 Å².